The molecule has 0 bridgehead atoms. The van der Waals surface area contributed by atoms with Crippen LogP contribution in [0.3, 0.4) is 0 Å². The van der Waals surface area contributed by atoms with Gasteiger partial charge < -0.3 is 19.4 Å². The Kier molecular flexibility index (Phi) is 4.52. The molecule has 2 aliphatic heterocycles. The summed E-state index contributed by atoms with van der Waals surface area (Å²) in [5.74, 6) is -0.301. The van der Waals surface area contributed by atoms with Crippen molar-refractivity contribution in [2.45, 2.75) is 18.1 Å². The molecule has 1 unspecified atom stereocenters. The van der Waals surface area contributed by atoms with Crippen molar-refractivity contribution < 1.29 is 22.3 Å². The zero-order valence-electron chi connectivity index (χ0n) is 16.8. The first-order valence-corrected chi connectivity index (χ1v) is 10.1. The summed E-state index contributed by atoms with van der Waals surface area (Å²) in [5.41, 5.74) is 1.90. The van der Waals surface area contributed by atoms with Gasteiger partial charge in [0.2, 0.25) is 11.6 Å². The summed E-state index contributed by atoms with van der Waals surface area (Å²) >= 11 is 5.92. The minimum Gasteiger partial charge on any atom is -0.481 e. The Morgan fingerprint density at radius 2 is 2.00 bits per heavy atom. The summed E-state index contributed by atoms with van der Waals surface area (Å²) in [6.45, 7) is 0.321. The van der Waals surface area contributed by atoms with Crippen molar-refractivity contribution in [3.05, 3.63) is 76.9 Å². The Morgan fingerprint density at radius 1 is 1.22 bits per heavy atom. The molecule has 1 atom stereocenters. The molecule has 10 heteroatoms. The third-order valence-corrected chi connectivity index (χ3v) is 6.37. The van der Waals surface area contributed by atoms with Gasteiger partial charge in [0.1, 0.15) is 22.0 Å². The summed E-state index contributed by atoms with van der Waals surface area (Å²) in [5, 5.41) is 11.4. The van der Waals surface area contributed by atoms with Crippen molar-refractivity contribution in [3.63, 3.8) is 0 Å². The van der Waals surface area contributed by atoms with Crippen LogP contribution in [-0.4, -0.2) is 29.5 Å². The number of ether oxygens (including phenoxy) is 1. The molecule has 3 aromatic rings. The third-order valence-electron chi connectivity index (χ3n) is 5.80. The van der Waals surface area contributed by atoms with Crippen LogP contribution in [0.25, 0.3) is 0 Å². The molecule has 2 aromatic heterocycles. The number of furan rings is 1. The van der Waals surface area contributed by atoms with Gasteiger partial charge in [0.05, 0.1) is 19.3 Å². The molecule has 0 amide bonds. The highest BCUT2D eigenvalue weighted by atomic mass is 32.1. The fraction of sp³-hybridized carbons (Fsp3) is 0.227. The number of benzene rings is 1. The number of alkyl halides is 3. The maximum atomic E-state index is 13.0. The minimum atomic E-state index is -4.56. The molecule has 2 N–H and O–H groups in total. The van der Waals surface area contributed by atoms with Gasteiger partial charge in [-0.2, -0.15) is 13.2 Å². The molecule has 1 spiro atoms. The number of fused-ring (bicyclic) bond motifs is 4. The van der Waals surface area contributed by atoms with Crippen LogP contribution < -0.4 is 15.0 Å². The van der Waals surface area contributed by atoms with Gasteiger partial charge >= 0.3 is 6.18 Å². The third kappa shape index (κ3) is 2.89. The van der Waals surface area contributed by atoms with Crippen molar-refractivity contribution >= 4 is 28.7 Å². The molecule has 0 saturated heterocycles. The van der Waals surface area contributed by atoms with E-state index in [0.717, 1.165) is 17.3 Å². The highest BCUT2D eigenvalue weighted by Gasteiger charge is 2.53. The lowest BCUT2D eigenvalue weighted by molar-refractivity contribution is -0.153. The van der Waals surface area contributed by atoms with E-state index in [1.165, 1.54) is 13.2 Å². The van der Waals surface area contributed by atoms with Crippen LogP contribution in [0.15, 0.2) is 52.9 Å². The van der Waals surface area contributed by atoms with Crippen LogP contribution in [0.4, 0.5) is 18.9 Å². The number of aromatic nitrogens is 1. The lowest BCUT2D eigenvalue weighted by atomic mass is 9.74. The van der Waals surface area contributed by atoms with Gasteiger partial charge in [-0.3, -0.25) is 5.41 Å². The first kappa shape index (κ1) is 20.5. The number of pyridine rings is 1. The Morgan fingerprint density at radius 3 is 2.72 bits per heavy atom. The Balaban J connectivity index is 1.64. The van der Waals surface area contributed by atoms with E-state index in [4.69, 9.17) is 26.8 Å². The molecule has 5 rings (SSSR count). The van der Waals surface area contributed by atoms with Crippen LogP contribution in [0.2, 0.25) is 0 Å². The monoisotopic (exact) mass is 458 g/mol. The molecule has 0 fully saturated rings. The Hall–Kier alpha value is -3.40. The number of nitrogens with zero attached hydrogens (tertiary/aromatic N) is 2. The van der Waals surface area contributed by atoms with E-state index in [1.807, 2.05) is 24.3 Å². The zero-order valence-corrected chi connectivity index (χ0v) is 17.6. The van der Waals surface area contributed by atoms with E-state index in [2.05, 4.69) is 10.3 Å². The molecule has 2 aliphatic rings. The van der Waals surface area contributed by atoms with Gasteiger partial charge in [-0.1, -0.05) is 30.4 Å². The van der Waals surface area contributed by atoms with Crippen LogP contribution in [-0.2, 0) is 18.1 Å². The van der Waals surface area contributed by atoms with E-state index in [-0.39, 0.29) is 24.7 Å². The first-order valence-electron chi connectivity index (χ1n) is 9.71. The zero-order chi connectivity index (χ0) is 22.7. The second-order valence-corrected chi connectivity index (χ2v) is 7.94. The van der Waals surface area contributed by atoms with Crippen LogP contribution in [0.1, 0.15) is 28.3 Å². The molecule has 0 radical (unpaired) electrons. The smallest absolute Gasteiger partial charge is 0.449 e. The number of hydrogen-bond acceptors (Lipinski definition) is 5. The van der Waals surface area contributed by atoms with Crippen molar-refractivity contribution in [1.29, 1.82) is 5.41 Å². The first-order chi connectivity index (χ1) is 15.3. The van der Waals surface area contributed by atoms with Gasteiger partial charge in [-0.25, -0.2) is 4.98 Å². The second kappa shape index (κ2) is 7.06. The number of para-hydroxylation sites is 1. The summed E-state index contributed by atoms with van der Waals surface area (Å²) < 4.78 is 49.4. The topological polar surface area (TPSA) is 74.4 Å². The van der Waals surface area contributed by atoms with Crippen LogP contribution in [0.5, 0.6) is 5.88 Å². The Labute approximate surface area is 186 Å². The molecule has 0 aliphatic carbocycles. The maximum absolute atomic E-state index is 13.0. The molecule has 1 aromatic carbocycles. The molecular formula is C22H17F3N4O2S. The van der Waals surface area contributed by atoms with Crippen molar-refractivity contribution in [3.8, 4) is 5.88 Å². The summed E-state index contributed by atoms with van der Waals surface area (Å²) in [6.07, 6.45) is -4.56. The van der Waals surface area contributed by atoms with Gasteiger partial charge in [0, 0.05) is 23.9 Å². The molecular weight excluding hydrogens is 441 g/mol. The highest BCUT2D eigenvalue weighted by Crippen LogP contribution is 2.49. The predicted octanol–water partition coefficient (Wildman–Crippen LogP) is 4.26. The second-order valence-electron chi connectivity index (χ2n) is 7.56. The molecule has 4 heterocycles. The minimum absolute atomic E-state index is 0.0322. The summed E-state index contributed by atoms with van der Waals surface area (Å²) in [6, 6.07) is 13.2. The summed E-state index contributed by atoms with van der Waals surface area (Å²) in [4.78, 5) is 6.89. The number of anilines is 1. The van der Waals surface area contributed by atoms with E-state index in [0.29, 0.717) is 22.1 Å². The fourth-order valence-electron chi connectivity index (χ4n) is 4.33. The molecule has 32 heavy (non-hydrogen) atoms. The van der Waals surface area contributed by atoms with Gasteiger partial charge in [-0.05, 0) is 29.8 Å². The number of thiocarbonyl (C=S) groups is 1. The average Bonchev–Trinajstić information content (AvgIpc) is 3.34. The fourth-order valence-corrected chi connectivity index (χ4v) is 4.78. The number of nitrogens with one attached hydrogen (secondary N) is 2. The van der Waals surface area contributed by atoms with Crippen LogP contribution >= 0.6 is 12.2 Å². The van der Waals surface area contributed by atoms with Crippen molar-refractivity contribution in [1.82, 2.24) is 10.3 Å². The standard InChI is InChI=1S/C22H17F3N4O2S/c1-30-17-9-7-13-18(28-17)21(11-27-19(13)26)14-4-2-3-5-15(14)29(20(21)32)10-12-6-8-16(31-12)22(23,24)25/h2-9H,10-11H2,1H3,(H2,26,27). The Bertz CT molecular complexity index is 1260. The van der Waals surface area contributed by atoms with E-state index in [9.17, 15) is 13.2 Å². The summed E-state index contributed by atoms with van der Waals surface area (Å²) in [7, 11) is 1.51. The number of hydrogen-bond donors (Lipinski definition) is 2. The molecule has 0 saturated carbocycles. The van der Waals surface area contributed by atoms with Gasteiger partial charge in [0.15, 0.2) is 0 Å². The van der Waals surface area contributed by atoms with Crippen molar-refractivity contribution in [2.24, 2.45) is 0 Å². The van der Waals surface area contributed by atoms with Gasteiger partial charge in [0.25, 0.3) is 0 Å². The normalized spacial score (nSPS) is 19.7. The lowest BCUT2D eigenvalue weighted by Gasteiger charge is -2.36. The number of halogens is 3. The predicted molar refractivity (Wildman–Crippen MR) is 115 cm³/mol. The number of rotatable bonds is 3. The average molecular weight is 458 g/mol. The van der Waals surface area contributed by atoms with E-state index >= 15 is 0 Å². The number of methoxy groups -OCH3 is 1. The lowest BCUT2D eigenvalue weighted by Crippen LogP contribution is -2.53. The molecule has 6 nitrogen and oxygen atoms in total. The maximum Gasteiger partial charge on any atom is 0.449 e. The van der Waals surface area contributed by atoms with Gasteiger partial charge in [-0.15, -0.1) is 0 Å². The SMILES string of the molecule is COc1ccc2c(n1)C1(CNC2=N)C(=S)N(Cc2ccc(C(F)(F)F)o2)c2ccccc21. The quantitative estimate of drug-likeness (QED) is 0.572. The number of amidine groups is 1. The molecule has 164 valence electrons. The largest absolute Gasteiger partial charge is 0.481 e. The van der Waals surface area contributed by atoms with Crippen LogP contribution in [0, 0.1) is 5.41 Å². The van der Waals surface area contributed by atoms with Crippen molar-refractivity contribution in [2.75, 3.05) is 18.6 Å². The highest BCUT2D eigenvalue weighted by molar-refractivity contribution is 7.80. The van der Waals surface area contributed by atoms with E-state index in [1.54, 1.807) is 17.0 Å². The van der Waals surface area contributed by atoms with E-state index < -0.39 is 17.4 Å².